The lowest BCUT2D eigenvalue weighted by Gasteiger charge is -2.21. The highest BCUT2D eigenvalue weighted by Gasteiger charge is 2.22. The van der Waals surface area contributed by atoms with E-state index in [1.165, 1.54) is 0 Å². The van der Waals surface area contributed by atoms with E-state index in [9.17, 15) is 14.4 Å². The molecule has 0 fully saturated rings. The second kappa shape index (κ2) is 10.6. The van der Waals surface area contributed by atoms with E-state index in [2.05, 4.69) is 11.9 Å². The molecule has 0 heterocycles. The number of hydrogen-bond acceptors (Lipinski definition) is 5. The number of Topliss-reactive ketones (excluding diaryl/α,β-unsaturated/α-hetero) is 1. The van der Waals surface area contributed by atoms with Crippen LogP contribution in [0.3, 0.4) is 0 Å². The molecule has 1 aromatic rings. The predicted molar refractivity (Wildman–Crippen MR) is 105 cm³/mol. The Morgan fingerprint density at radius 3 is 2.79 bits per heavy atom. The van der Waals surface area contributed by atoms with E-state index in [0.29, 0.717) is 25.9 Å². The van der Waals surface area contributed by atoms with Gasteiger partial charge in [-0.3, -0.25) is 9.59 Å². The van der Waals surface area contributed by atoms with Crippen LogP contribution in [-0.2, 0) is 22.4 Å². The Labute approximate surface area is 164 Å². The molecule has 7 nitrogen and oxygen atoms in total. The molecular weight excluding hydrogens is 360 g/mol. The number of ketones is 1. The maximum atomic E-state index is 12.1. The van der Waals surface area contributed by atoms with Gasteiger partial charge in [0.05, 0.1) is 6.61 Å². The Bertz CT molecular complexity index is 745. The summed E-state index contributed by atoms with van der Waals surface area (Å²) in [5.74, 6) is -0.648. The molecule has 0 aliphatic heterocycles. The minimum absolute atomic E-state index is 0.194. The van der Waals surface area contributed by atoms with Gasteiger partial charge in [0, 0.05) is 24.0 Å². The predicted octanol–water partition coefficient (Wildman–Crippen LogP) is 2.36. The molecule has 1 aromatic carbocycles. The lowest BCUT2D eigenvalue weighted by Crippen LogP contribution is -2.47. The summed E-state index contributed by atoms with van der Waals surface area (Å²) < 4.78 is 5.94. The summed E-state index contributed by atoms with van der Waals surface area (Å²) in [5, 5.41) is 10.9. The number of benzene rings is 1. The van der Waals surface area contributed by atoms with Crippen LogP contribution in [-0.4, -0.2) is 35.5 Å². The van der Waals surface area contributed by atoms with E-state index in [1.54, 1.807) is 0 Å². The Morgan fingerprint density at radius 1 is 1.29 bits per heavy atom. The lowest BCUT2D eigenvalue weighted by atomic mass is 9.86. The van der Waals surface area contributed by atoms with Crippen LogP contribution in [0.2, 0.25) is 0 Å². The highest BCUT2D eigenvalue weighted by atomic mass is 16.5. The number of aliphatic carboxylic acids is 1. The number of nitrogens with two attached hydrogens (primary N) is 1. The van der Waals surface area contributed by atoms with Crippen LogP contribution < -0.4 is 15.8 Å². The van der Waals surface area contributed by atoms with E-state index in [1.807, 2.05) is 18.2 Å². The first-order valence-corrected chi connectivity index (χ1v) is 9.63. The number of nitrogens with one attached hydrogen (secondary N) is 1. The summed E-state index contributed by atoms with van der Waals surface area (Å²) in [6.45, 7) is 4.32. The van der Waals surface area contributed by atoms with Crippen LogP contribution in [0.4, 0.5) is 0 Å². The summed E-state index contributed by atoms with van der Waals surface area (Å²) in [4.78, 5) is 34.3. The summed E-state index contributed by atoms with van der Waals surface area (Å²) in [5.41, 5.74) is 8.18. The number of carbonyl (C=O) groups excluding carboxylic acids is 2. The van der Waals surface area contributed by atoms with E-state index in [0.717, 1.165) is 48.1 Å². The maximum Gasteiger partial charge on any atom is 0.341 e. The molecule has 0 bridgehead atoms. The molecule has 2 rings (SSSR count). The molecule has 0 saturated carbocycles. The summed E-state index contributed by atoms with van der Waals surface area (Å²) in [6, 6.07) is 3.72. The van der Waals surface area contributed by atoms with Crippen molar-refractivity contribution in [3.8, 4) is 5.75 Å². The molecule has 4 N–H and O–H groups in total. The zero-order chi connectivity index (χ0) is 20.5. The second-order valence-corrected chi connectivity index (χ2v) is 6.88. The van der Waals surface area contributed by atoms with Gasteiger partial charge in [-0.15, -0.1) is 6.58 Å². The zero-order valence-corrected chi connectivity index (χ0v) is 16.0. The minimum atomic E-state index is -1.37. The van der Waals surface area contributed by atoms with Gasteiger partial charge in [0.2, 0.25) is 5.91 Å². The van der Waals surface area contributed by atoms with E-state index in [-0.39, 0.29) is 18.1 Å². The van der Waals surface area contributed by atoms with Crippen molar-refractivity contribution in [2.45, 2.75) is 57.5 Å². The molecular formula is C21H28N2O5. The maximum absolute atomic E-state index is 12.1. The van der Waals surface area contributed by atoms with Gasteiger partial charge in [0.15, 0.2) is 11.9 Å². The van der Waals surface area contributed by atoms with Gasteiger partial charge in [0.25, 0.3) is 0 Å². The Morgan fingerprint density at radius 2 is 2.07 bits per heavy atom. The number of rotatable bonds is 11. The van der Waals surface area contributed by atoms with Gasteiger partial charge in [-0.1, -0.05) is 6.08 Å². The minimum Gasteiger partial charge on any atom is -0.493 e. The lowest BCUT2D eigenvalue weighted by molar-refractivity contribution is -0.141. The largest absolute Gasteiger partial charge is 0.493 e. The van der Waals surface area contributed by atoms with E-state index < -0.39 is 12.1 Å². The fourth-order valence-corrected chi connectivity index (χ4v) is 3.34. The molecule has 1 atom stereocenters. The average Bonchev–Trinajstić information content (AvgIpc) is 2.66. The number of amides is 1. The number of carboxylic acid groups (broad SMARTS) is 1. The van der Waals surface area contributed by atoms with Crippen LogP contribution in [0.25, 0.3) is 0 Å². The first-order valence-electron chi connectivity index (χ1n) is 9.63. The number of carbonyl (C=O) groups is 3. The summed E-state index contributed by atoms with van der Waals surface area (Å²) >= 11 is 0. The van der Waals surface area contributed by atoms with Crippen LogP contribution in [0.5, 0.6) is 5.75 Å². The molecule has 0 spiro atoms. The summed E-state index contributed by atoms with van der Waals surface area (Å²) in [7, 11) is 0. The van der Waals surface area contributed by atoms with Crippen molar-refractivity contribution < 1.29 is 24.2 Å². The van der Waals surface area contributed by atoms with Gasteiger partial charge in [-0.2, -0.15) is 0 Å². The van der Waals surface area contributed by atoms with Crippen molar-refractivity contribution in [1.82, 2.24) is 5.32 Å². The first-order chi connectivity index (χ1) is 13.4. The average molecular weight is 388 g/mol. The SMILES string of the molecule is C=CCc1c(OCCCCCC(=O)NC(N)C(=O)O)ccc2c1CCCC2=O. The highest BCUT2D eigenvalue weighted by molar-refractivity contribution is 5.99. The van der Waals surface area contributed by atoms with Crippen molar-refractivity contribution in [3.63, 3.8) is 0 Å². The molecule has 1 unspecified atom stereocenters. The summed E-state index contributed by atoms with van der Waals surface area (Å²) in [6.07, 6.45) is 5.86. The molecule has 0 saturated heterocycles. The fourth-order valence-electron chi connectivity index (χ4n) is 3.34. The Kier molecular flexibility index (Phi) is 8.19. The third kappa shape index (κ3) is 5.92. The topological polar surface area (TPSA) is 119 Å². The molecule has 1 aliphatic rings. The number of hydrogen-bond donors (Lipinski definition) is 3. The van der Waals surface area contributed by atoms with Gasteiger partial charge in [-0.05, 0) is 56.2 Å². The van der Waals surface area contributed by atoms with E-state index >= 15 is 0 Å². The fraction of sp³-hybridized carbons (Fsp3) is 0.476. The monoisotopic (exact) mass is 388 g/mol. The van der Waals surface area contributed by atoms with Crippen molar-refractivity contribution in [2.75, 3.05) is 6.61 Å². The highest BCUT2D eigenvalue weighted by Crippen LogP contribution is 2.32. The molecule has 7 heteroatoms. The molecule has 28 heavy (non-hydrogen) atoms. The molecule has 1 aliphatic carbocycles. The second-order valence-electron chi connectivity index (χ2n) is 6.88. The van der Waals surface area contributed by atoms with Crippen molar-refractivity contribution in [2.24, 2.45) is 5.73 Å². The quantitative estimate of drug-likeness (QED) is 0.304. The number of fused-ring (bicyclic) bond motifs is 1. The van der Waals surface area contributed by atoms with E-state index in [4.69, 9.17) is 15.6 Å². The van der Waals surface area contributed by atoms with Crippen LogP contribution in [0.15, 0.2) is 24.8 Å². The van der Waals surface area contributed by atoms with Gasteiger partial charge >= 0.3 is 5.97 Å². The Balaban J connectivity index is 1.80. The van der Waals surface area contributed by atoms with Crippen LogP contribution in [0, 0.1) is 0 Å². The zero-order valence-electron chi connectivity index (χ0n) is 16.0. The van der Waals surface area contributed by atoms with Crippen molar-refractivity contribution in [3.05, 3.63) is 41.5 Å². The number of carboxylic acids is 1. The van der Waals surface area contributed by atoms with Crippen LogP contribution in [0.1, 0.15) is 60.0 Å². The smallest absolute Gasteiger partial charge is 0.341 e. The van der Waals surface area contributed by atoms with Crippen molar-refractivity contribution in [1.29, 1.82) is 0 Å². The number of ether oxygens (including phenoxy) is 1. The molecule has 0 radical (unpaired) electrons. The number of allylic oxidation sites excluding steroid dienone is 1. The third-order valence-electron chi connectivity index (χ3n) is 4.76. The third-order valence-corrected chi connectivity index (χ3v) is 4.76. The normalized spacial score (nSPS) is 14.1. The van der Waals surface area contributed by atoms with Gasteiger partial charge < -0.3 is 20.9 Å². The van der Waals surface area contributed by atoms with Gasteiger partial charge in [-0.25, -0.2) is 4.79 Å². The standard InChI is InChI=1S/C21H28N2O5/c1-2-7-16-14-8-6-9-17(24)15(14)11-12-18(16)28-13-5-3-4-10-19(25)23-20(22)21(26)27/h2,11-12,20H,1,3-10,13,22H2,(H,23,25)(H,26,27). The van der Waals surface area contributed by atoms with Gasteiger partial charge in [0.1, 0.15) is 5.75 Å². The Hall–Kier alpha value is -2.67. The number of unbranched alkanes of at least 4 members (excludes halogenated alkanes) is 2. The van der Waals surface area contributed by atoms with Crippen LogP contribution >= 0.6 is 0 Å². The van der Waals surface area contributed by atoms with Crippen molar-refractivity contribution >= 4 is 17.7 Å². The molecule has 152 valence electrons. The molecule has 0 aromatic heterocycles. The molecule has 1 amide bonds. The first kappa shape index (κ1) is 21.6.